The van der Waals surface area contributed by atoms with E-state index in [1.54, 1.807) is 0 Å². The van der Waals surface area contributed by atoms with E-state index < -0.39 is 18.2 Å². The van der Waals surface area contributed by atoms with Crippen molar-refractivity contribution in [1.29, 1.82) is 0 Å². The number of unbranched alkanes of at least 4 members (excludes halogenated alkanes) is 39. The molecule has 0 aromatic carbocycles. The van der Waals surface area contributed by atoms with E-state index in [0.717, 1.165) is 25.7 Å². The van der Waals surface area contributed by atoms with Gasteiger partial charge in [-0.3, -0.25) is 4.79 Å². The van der Waals surface area contributed by atoms with Gasteiger partial charge in [0.05, 0.1) is 31.3 Å². The van der Waals surface area contributed by atoms with E-state index in [4.69, 9.17) is 0 Å². The molecule has 0 rings (SSSR count). The number of carbonyl (C=O) groups is 1. The number of amides is 1. The number of hydrogen-bond donors (Lipinski definition) is 4. The van der Waals surface area contributed by atoms with E-state index in [0.29, 0.717) is 12.8 Å². The van der Waals surface area contributed by atoms with Crippen LogP contribution in [0.25, 0.3) is 0 Å². The third-order valence-electron chi connectivity index (χ3n) is 12.8. The van der Waals surface area contributed by atoms with Gasteiger partial charge in [0.25, 0.3) is 0 Å². The monoisotopic (exact) mass is 834 g/mol. The van der Waals surface area contributed by atoms with Crippen LogP contribution in [0.2, 0.25) is 0 Å². The van der Waals surface area contributed by atoms with Crippen molar-refractivity contribution in [2.24, 2.45) is 0 Å². The fourth-order valence-corrected chi connectivity index (χ4v) is 8.70. The minimum absolute atomic E-state index is 0.0404. The van der Waals surface area contributed by atoms with E-state index in [9.17, 15) is 20.1 Å². The molecule has 0 aromatic rings. The highest BCUT2D eigenvalue weighted by Crippen LogP contribution is 2.18. The molecule has 3 unspecified atom stereocenters. The molecule has 0 fully saturated rings. The Bertz CT molecular complexity index is 833. The van der Waals surface area contributed by atoms with E-state index >= 15 is 0 Å². The van der Waals surface area contributed by atoms with Gasteiger partial charge < -0.3 is 20.6 Å². The van der Waals surface area contributed by atoms with Crippen molar-refractivity contribution < 1.29 is 20.1 Å². The van der Waals surface area contributed by atoms with Crippen LogP contribution in [0.5, 0.6) is 0 Å². The number of allylic oxidation sites excluding steroid dienone is 2. The highest BCUT2D eigenvalue weighted by Gasteiger charge is 2.21. The Morgan fingerprint density at radius 1 is 0.407 bits per heavy atom. The summed E-state index contributed by atoms with van der Waals surface area (Å²) in [6.45, 7) is 4.29. The lowest BCUT2D eigenvalue weighted by molar-refractivity contribution is -0.125. The third-order valence-corrected chi connectivity index (χ3v) is 12.8. The van der Waals surface area contributed by atoms with Gasteiger partial charge in [-0.25, -0.2) is 0 Å². The van der Waals surface area contributed by atoms with Crippen molar-refractivity contribution >= 4 is 5.91 Å². The number of aliphatic hydroxyl groups is 3. The zero-order valence-electron chi connectivity index (χ0n) is 40.2. The summed E-state index contributed by atoms with van der Waals surface area (Å²) < 4.78 is 0. The van der Waals surface area contributed by atoms with Crippen LogP contribution in [-0.4, -0.2) is 46.1 Å². The Hall–Kier alpha value is -0.910. The van der Waals surface area contributed by atoms with Crippen LogP contribution in [0.3, 0.4) is 0 Å². The van der Waals surface area contributed by atoms with Gasteiger partial charge in [0.1, 0.15) is 0 Å². The number of carbonyl (C=O) groups excluding carboxylic acids is 1. The molecule has 3 atom stereocenters. The van der Waals surface area contributed by atoms with Gasteiger partial charge in [-0.15, -0.1) is 0 Å². The van der Waals surface area contributed by atoms with Crippen molar-refractivity contribution in [1.82, 2.24) is 5.32 Å². The molecule has 4 N–H and O–H groups in total. The topological polar surface area (TPSA) is 89.8 Å². The lowest BCUT2D eigenvalue weighted by Crippen LogP contribution is -2.46. The SMILES string of the molecule is CCCCCCCCCCCCCC/C=C\CCCCCCCCCCCCCCCC(O)CC(=O)NC(CO)C(O)CCCCCCCCCCCCCCCCC. The summed E-state index contributed by atoms with van der Waals surface area (Å²) in [6, 6.07) is -0.655. The first kappa shape index (κ1) is 58.1. The molecule has 5 heteroatoms. The molecular weight excluding hydrogens is 727 g/mol. The van der Waals surface area contributed by atoms with Crippen molar-refractivity contribution in [2.45, 2.75) is 321 Å². The maximum atomic E-state index is 12.5. The smallest absolute Gasteiger partial charge is 0.222 e. The fraction of sp³-hybridized carbons (Fsp3) is 0.944. The minimum Gasteiger partial charge on any atom is -0.394 e. The normalized spacial score (nSPS) is 13.4. The fourth-order valence-electron chi connectivity index (χ4n) is 8.70. The molecule has 352 valence electrons. The van der Waals surface area contributed by atoms with Crippen LogP contribution < -0.4 is 5.32 Å². The first-order chi connectivity index (χ1) is 29.0. The van der Waals surface area contributed by atoms with Crippen LogP contribution in [0.1, 0.15) is 303 Å². The number of aliphatic hydroxyl groups excluding tert-OH is 3. The molecule has 0 aliphatic rings. The Kier molecular flexibility index (Phi) is 49.0. The van der Waals surface area contributed by atoms with Gasteiger partial charge in [-0.2, -0.15) is 0 Å². The van der Waals surface area contributed by atoms with Crippen LogP contribution in [0.4, 0.5) is 0 Å². The van der Waals surface area contributed by atoms with Crippen LogP contribution in [0.15, 0.2) is 12.2 Å². The number of rotatable bonds is 50. The van der Waals surface area contributed by atoms with Crippen molar-refractivity contribution in [3.05, 3.63) is 12.2 Å². The summed E-state index contributed by atoms with van der Waals surface area (Å²) in [5.74, 6) is -0.278. The summed E-state index contributed by atoms with van der Waals surface area (Å²) in [4.78, 5) is 12.5. The maximum absolute atomic E-state index is 12.5. The molecule has 0 heterocycles. The van der Waals surface area contributed by atoms with E-state index in [2.05, 4.69) is 31.3 Å². The van der Waals surface area contributed by atoms with Crippen molar-refractivity contribution in [3.8, 4) is 0 Å². The molecule has 5 nitrogen and oxygen atoms in total. The predicted molar refractivity (Wildman–Crippen MR) is 259 cm³/mol. The van der Waals surface area contributed by atoms with Crippen molar-refractivity contribution in [2.75, 3.05) is 6.61 Å². The summed E-state index contributed by atoms with van der Waals surface area (Å²) in [5, 5.41) is 33.5. The van der Waals surface area contributed by atoms with Gasteiger partial charge >= 0.3 is 0 Å². The quantitative estimate of drug-likeness (QED) is 0.0363. The predicted octanol–water partition coefficient (Wildman–Crippen LogP) is 16.3. The van der Waals surface area contributed by atoms with Gasteiger partial charge in [0.2, 0.25) is 5.91 Å². The summed E-state index contributed by atoms with van der Waals surface area (Å²) in [5.41, 5.74) is 0. The molecular formula is C54H107NO4. The van der Waals surface area contributed by atoms with Gasteiger partial charge in [0.15, 0.2) is 0 Å². The zero-order chi connectivity index (χ0) is 43.0. The van der Waals surface area contributed by atoms with Crippen LogP contribution >= 0.6 is 0 Å². The Labute approximate surface area is 369 Å². The second-order valence-electron chi connectivity index (χ2n) is 18.8. The first-order valence-corrected chi connectivity index (χ1v) is 27.0. The lowest BCUT2D eigenvalue weighted by Gasteiger charge is -2.23. The lowest BCUT2D eigenvalue weighted by atomic mass is 10.0. The maximum Gasteiger partial charge on any atom is 0.222 e. The molecule has 0 aliphatic carbocycles. The van der Waals surface area contributed by atoms with Gasteiger partial charge in [0, 0.05) is 0 Å². The largest absolute Gasteiger partial charge is 0.394 e. The van der Waals surface area contributed by atoms with Crippen molar-refractivity contribution in [3.63, 3.8) is 0 Å². The van der Waals surface area contributed by atoms with E-state index in [1.807, 2.05) is 0 Å². The Morgan fingerprint density at radius 3 is 0.983 bits per heavy atom. The second kappa shape index (κ2) is 49.7. The summed E-state index contributed by atoms with van der Waals surface area (Å²) in [6.07, 6.45) is 60.8. The molecule has 0 saturated heterocycles. The number of nitrogens with one attached hydrogen (secondary N) is 1. The molecule has 59 heavy (non-hydrogen) atoms. The highest BCUT2D eigenvalue weighted by molar-refractivity contribution is 5.76. The molecule has 0 bridgehead atoms. The van der Waals surface area contributed by atoms with Gasteiger partial charge in [-0.05, 0) is 38.5 Å². The van der Waals surface area contributed by atoms with E-state index in [1.165, 1.54) is 244 Å². The average Bonchev–Trinajstić information content (AvgIpc) is 3.23. The average molecular weight is 834 g/mol. The molecule has 0 aromatic heterocycles. The minimum atomic E-state index is -0.746. The van der Waals surface area contributed by atoms with Gasteiger partial charge in [-0.1, -0.05) is 270 Å². The zero-order valence-corrected chi connectivity index (χ0v) is 40.2. The number of hydrogen-bond acceptors (Lipinski definition) is 4. The Balaban J connectivity index is 3.49. The second-order valence-corrected chi connectivity index (χ2v) is 18.8. The summed E-state index contributed by atoms with van der Waals surface area (Å²) >= 11 is 0. The first-order valence-electron chi connectivity index (χ1n) is 27.0. The molecule has 0 radical (unpaired) electrons. The standard InChI is InChI=1S/C54H107NO4/c1-3-5-7-9-11-13-15-17-19-20-21-22-23-24-25-26-27-28-29-30-31-32-34-35-37-39-41-43-45-47-51(57)49-54(59)55-52(50-56)53(58)48-46-44-42-40-38-36-33-18-16-14-12-10-8-6-4-2/h24-25,51-53,56-58H,3-23,26-50H2,1-2H3,(H,55,59)/b25-24-. The highest BCUT2D eigenvalue weighted by atomic mass is 16.3. The molecule has 0 aliphatic heterocycles. The molecule has 0 spiro atoms. The Morgan fingerprint density at radius 2 is 0.678 bits per heavy atom. The van der Waals surface area contributed by atoms with Crippen LogP contribution in [-0.2, 0) is 4.79 Å². The molecule has 1 amide bonds. The van der Waals surface area contributed by atoms with E-state index in [-0.39, 0.29) is 18.9 Å². The third kappa shape index (κ3) is 46.4. The van der Waals surface area contributed by atoms with Crippen LogP contribution in [0, 0.1) is 0 Å². The summed E-state index contributed by atoms with van der Waals surface area (Å²) in [7, 11) is 0. The molecule has 0 saturated carbocycles.